The van der Waals surface area contributed by atoms with Crippen LogP contribution in [0.25, 0.3) is 0 Å². The molecule has 3 aromatic rings. The first-order valence-corrected chi connectivity index (χ1v) is 9.03. The Labute approximate surface area is 171 Å². The van der Waals surface area contributed by atoms with Gasteiger partial charge in [0, 0.05) is 6.54 Å². The van der Waals surface area contributed by atoms with E-state index in [4.69, 9.17) is 9.47 Å². The van der Waals surface area contributed by atoms with Gasteiger partial charge in [0.25, 0.3) is 0 Å². The number of ether oxygens (including phenoxy) is 2. The molecule has 0 saturated heterocycles. The first-order chi connectivity index (χ1) is 13.2. The van der Waals surface area contributed by atoms with Gasteiger partial charge in [-0.15, -0.1) is 12.4 Å². The molecule has 0 saturated carbocycles. The van der Waals surface area contributed by atoms with E-state index in [-0.39, 0.29) is 18.2 Å². The lowest BCUT2D eigenvalue weighted by atomic mass is 10.1. The monoisotopic (exact) mass is 401 g/mol. The lowest BCUT2D eigenvalue weighted by Crippen LogP contribution is -2.16. The number of benzene rings is 3. The van der Waals surface area contributed by atoms with Crippen molar-refractivity contribution in [1.29, 1.82) is 0 Å². The van der Waals surface area contributed by atoms with Crippen LogP contribution in [0.5, 0.6) is 11.5 Å². The summed E-state index contributed by atoms with van der Waals surface area (Å²) in [5, 5.41) is 3.40. The molecule has 0 unspecified atom stereocenters. The number of rotatable bonds is 9. The number of hydrogen-bond acceptors (Lipinski definition) is 3. The van der Waals surface area contributed by atoms with Crippen molar-refractivity contribution in [3.8, 4) is 11.5 Å². The minimum absolute atomic E-state index is 0. The van der Waals surface area contributed by atoms with Crippen molar-refractivity contribution in [3.05, 3.63) is 95.3 Å². The molecule has 0 atom stereocenters. The average Bonchev–Trinajstić information content (AvgIpc) is 2.72. The third-order valence-corrected chi connectivity index (χ3v) is 4.30. The molecule has 0 aliphatic carbocycles. The molecule has 0 bridgehead atoms. The summed E-state index contributed by atoms with van der Waals surface area (Å²) in [6.45, 7) is 2.06. The molecule has 1 N–H and O–H groups in total. The van der Waals surface area contributed by atoms with Gasteiger partial charge in [0.05, 0.1) is 7.11 Å². The Bertz CT molecular complexity index is 841. The minimum Gasteiger partial charge on any atom is -0.493 e. The van der Waals surface area contributed by atoms with Crippen LogP contribution < -0.4 is 14.8 Å². The van der Waals surface area contributed by atoms with E-state index in [1.54, 1.807) is 7.11 Å². The quantitative estimate of drug-likeness (QED) is 0.502. The Morgan fingerprint density at radius 1 is 0.821 bits per heavy atom. The Balaban J connectivity index is 0.00000280. The van der Waals surface area contributed by atoms with E-state index >= 15 is 0 Å². The molecule has 148 valence electrons. The maximum Gasteiger partial charge on any atom is 0.161 e. The molecule has 0 aromatic heterocycles. The van der Waals surface area contributed by atoms with Crippen LogP contribution in [-0.2, 0) is 19.6 Å². The summed E-state index contributed by atoms with van der Waals surface area (Å²) in [5.74, 6) is 1.26. The molecule has 3 aromatic carbocycles. The molecule has 0 aliphatic rings. The maximum atomic E-state index is 12.9. The molecule has 3 nitrogen and oxygen atoms in total. The van der Waals surface area contributed by atoms with Gasteiger partial charge in [-0.05, 0) is 53.9 Å². The second kappa shape index (κ2) is 11.3. The average molecular weight is 402 g/mol. The first-order valence-electron chi connectivity index (χ1n) is 9.03. The van der Waals surface area contributed by atoms with Crippen molar-refractivity contribution >= 4 is 12.4 Å². The molecular formula is C23H25ClFNO2. The summed E-state index contributed by atoms with van der Waals surface area (Å²) in [5.41, 5.74) is 3.36. The van der Waals surface area contributed by atoms with Gasteiger partial charge in [0.1, 0.15) is 12.4 Å². The normalized spacial score (nSPS) is 10.2. The summed E-state index contributed by atoms with van der Waals surface area (Å²) in [6, 6.07) is 22.6. The summed E-state index contributed by atoms with van der Waals surface area (Å²) < 4.78 is 24.3. The van der Waals surface area contributed by atoms with Gasteiger partial charge in [0.15, 0.2) is 11.5 Å². The Hall–Kier alpha value is -2.56. The minimum atomic E-state index is -0.201. The molecule has 5 heteroatoms. The Morgan fingerprint density at radius 2 is 1.54 bits per heavy atom. The van der Waals surface area contributed by atoms with Crippen molar-refractivity contribution in [2.75, 3.05) is 13.7 Å². The molecule has 0 amide bonds. The van der Waals surface area contributed by atoms with Crippen LogP contribution in [0.15, 0.2) is 72.8 Å². The Kier molecular flexibility index (Phi) is 8.79. The molecule has 3 rings (SSSR count). The number of hydrogen-bond donors (Lipinski definition) is 1. The van der Waals surface area contributed by atoms with E-state index < -0.39 is 0 Å². The van der Waals surface area contributed by atoms with Crippen LogP contribution in [0.4, 0.5) is 4.39 Å². The van der Waals surface area contributed by atoms with E-state index in [2.05, 4.69) is 5.32 Å². The summed E-state index contributed by atoms with van der Waals surface area (Å²) in [4.78, 5) is 0. The van der Waals surface area contributed by atoms with E-state index in [1.165, 1.54) is 12.1 Å². The van der Waals surface area contributed by atoms with Crippen molar-refractivity contribution < 1.29 is 13.9 Å². The fourth-order valence-corrected chi connectivity index (χ4v) is 2.79. The van der Waals surface area contributed by atoms with Gasteiger partial charge < -0.3 is 14.8 Å². The fraction of sp³-hybridized carbons (Fsp3) is 0.217. The second-order valence-electron chi connectivity index (χ2n) is 6.31. The van der Waals surface area contributed by atoms with Gasteiger partial charge in [-0.1, -0.05) is 48.5 Å². The predicted molar refractivity (Wildman–Crippen MR) is 113 cm³/mol. The van der Waals surface area contributed by atoms with Crippen molar-refractivity contribution in [2.45, 2.75) is 19.6 Å². The lowest BCUT2D eigenvalue weighted by Gasteiger charge is -2.13. The van der Waals surface area contributed by atoms with Crippen LogP contribution in [0, 0.1) is 5.82 Å². The smallest absolute Gasteiger partial charge is 0.161 e. The topological polar surface area (TPSA) is 30.5 Å². The zero-order chi connectivity index (χ0) is 18.9. The fourth-order valence-electron chi connectivity index (χ4n) is 2.79. The highest BCUT2D eigenvalue weighted by Crippen LogP contribution is 2.28. The summed E-state index contributed by atoms with van der Waals surface area (Å²) in [7, 11) is 1.65. The van der Waals surface area contributed by atoms with E-state index in [0.29, 0.717) is 6.61 Å². The number of methoxy groups -OCH3 is 1. The highest BCUT2D eigenvalue weighted by Gasteiger charge is 2.06. The van der Waals surface area contributed by atoms with Crippen LogP contribution in [-0.4, -0.2) is 13.7 Å². The van der Waals surface area contributed by atoms with Gasteiger partial charge in [-0.3, -0.25) is 0 Å². The van der Waals surface area contributed by atoms with E-state index in [9.17, 15) is 4.39 Å². The second-order valence-corrected chi connectivity index (χ2v) is 6.31. The predicted octanol–water partition coefficient (Wildman–Crippen LogP) is 5.17. The third kappa shape index (κ3) is 6.55. The zero-order valence-corrected chi connectivity index (χ0v) is 16.7. The SMILES string of the molecule is COc1cc(CNCCc2ccc(F)cc2)ccc1OCc1ccccc1.Cl. The number of nitrogens with one attached hydrogen (secondary N) is 1. The standard InChI is InChI=1S/C23H24FNO2.ClH/c1-26-23-15-20(16-25-14-13-18-7-10-21(24)11-8-18)9-12-22(23)27-17-19-5-3-2-4-6-19;/h2-12,15,25H,13-14,16-17H2,1H3;1H. The highest BCUT2D eigenvalue weighted by atomic mass is 35.5. The summed E-state index contributed by atoms with van der Waals surface area (Å²) >= 11 is 0. The van der Waals surface area contributed by atoms with Gasteiger partial charge in [-0.25, -0.2) is 4.39 Å². The lowest BCUT2D eigenvalue weighted by molar-refractivity contribution is 0.284. The molecule has 0 fully saturated rings. The van der Waals surface area contributed by atoms with Crippen molar-refractivity contribution in [2.24, 2.45) is 0 Å². The van der Waals surface area contributed by atoms with Crippen LogP contribution in [0.3, 0.4) is 0 Å². The third-order valence-electron chi connectivity index (χ3n) is 4.30. The maximum absolute atomic E-state index is 12.9. The van der Waals surface area contributed by atoms with E-state index in [0.717, 1.165) is 47.7 Å². The van der Waals surface area contributed by atoms with Crippen molar-refractivity contribution in [3.63, 3.8) is 0 Å². The largest absolute Gasteiger partial charge is 0.493 e. The van der Waals surface area contributed by atoms with Gasteiger partial charge in [-0.2, -0.15) is 0 Å². The molecule has 0 aliphatic heterocycles. The van der Waals surface area contributed by atoms with Crippen LogP contribution in [0.1, 0.15) is 16.7 Å². The molecular weight excluding hydrogens is 377 g/mol. The molecule has 0 heterocycles. The number of halogens is 2. The molecule has 0 radical (unpaired) electrons. The van der Waals surface area contributed by atoms with Crippen LogP contribution in [0.2, 0.25) is 0 Å². The molecule has 28 heavy (non-hydrogen) atoms. The molecule has 0 spiro atoms. The Morgan fingerprint density at radius 3 is 2.25 bits per heavy atom. The van der Waals surface area contributed by atoms with Gasteiger partial charge in [0.2, 0.25) is 0 Å². The highest BCUT2D eigenvalue weighted by molar-refractivity contribution is 5.85. The summed E-state index contributed by atoms with van der Waals surface area (Å²) in [6.07, 6.45) is 0.857. The van der Waals surface area contributed by atoms with E-state index in [1.807, 2.05) is 60.7 Å². The van der Waals surface area contributed by atoms with Crippen LogP contribution >= 0.6 is 12.4 Å². The van der Waals surface area contributed by atoms with Gasteiger partial charge >= 0.3 is 0 Å². The zero-order valence-electron chi connectivity index (χ0n) is 15.9. The first kappa shape index (κ1) is 21.7. The van der Waals surface area contributed by atoms with Crippen molar-refractivity contribution in [1.82, 2.24) is 5.32 Å².